The van der Waals surface area contributed by atoms with Crippen LogP contribution >= 0.6 is 0 Å². The molecule has 0 saturated heterocycles. The van der Waals surface area contributed by atoms with Crippen LogP contribution in [-0.4, -0.2) is 35.6 Å². The SMILES string of the molecule is CCOC(=O)c1cn2c(cc1=O)/C(=c1\cccc(CC)\c1=C(/C)CC)N(C)CC2C(C)(C)C. The van der Waals surface area contributed by atoms with Crippen LogP contribution in [0.15, 0.2) is 35.3 Å². The Balaban J connectivity index is 2.51. The van der Waals surface area contributed by atoms with Gasteiger partial charge in [-0.1, -0.05) is 58.4 Å². The van der Waals surface area contributed by atoms with E-state index in [1.807, 2.05) is 0 Å². The molecule has 0 aliphatic carbocycles. The number of fused-ring (bicyclic) bond motifs is 1. The Bertz CT molecular complexity index is 1230. The van der Waals surface area contributed by atoms with Crippen LogP contribution in [0.25, 0.3) is 11.3 Å². The number of pyridine rings is 1. The minimum atomic E-state index is -0.560. The number of hydrogen-bond acceptors (Lipinski definition) is 4. The number of carbonyl (C=O) groups is 1. The molecule has 0 saturated carbocycles. The zero-order chi connectivity index (χ0) is 24.5. The molecule has 3 rings (SSSR count). The number of aromatic nitrogens is 1. The number of aryl methyl sites for hydroxylation is 1. The normalized spacial score (nSPS) is 18.7. The first kappa shape index (κ1) is 24.8. The van der Waals surface area contributed by atoms with Gasteiger partial charge in [0.2, 0.25) is 0 Å². The maximum atomic E-state index is 13.1. The predicted molar refractivity (Wildman–Crippen MR) is 135 cm³/mol. The van der Waals surface area contributed by atoms with E-state index in [9.17, 15) is 9.59 Å². The van der Waals surface area contributed by atoms with Gasteiger partial charge in [-0.25, -0.2) is 4.79 Å². The number of rotatable bonds is 4. The summed E-state index contributed by atoms with van der Waals surface area (Å²) < 4.78 is 7.31. The summed E-state index contributed by atoms with van der Waals surface area (Å²) in [6, 6.07) is 8.16. The molecule has 0 amide bonds. The molecule has 5 heteroatoms. The number of hydrogen-bond donors (Lipinski definition) is 0. The predicted octanol–water partition coefficient (Wildman–Crippen LogP) is 3.86. The Morgan fingerprint density at radius 3 is 2.45 bits per heavy atom. The Labute approximate surface area is 197 Å². The maximum absolute atomic E-state index is 13.1. The van der Waals surface area contributed by atoms with Gasteiger partial charge < -0.3 is 14.2 Å². The summed E-state index contributed by atoms with van der Waals surface area (Å²) in [6.07, 6.45) is 3.62. The van der Waals surface area contributed by atoms with Crippen molar-refractivity contribution in [2.75, 3.05) is 20.2 Å². The summed E-state index contributed by atoms with van der Waals surface area (Å²) in [5, 5.41) is 2.41. The highest BCUT2D eigenvalue weighted by Crippen LogP contribution is 2.37. The van der Waals surface area contributed by atoms with Gasteiger partial charge in [0.15, 0.2) is 5.43 Å². The van der Waals surface area contributed by atoms with Crippen molar-refractivity contribution in [2.45, 2.75) is 67.3 Å². The molecule has 1 aromatic heterocycles. The van der Waals surface area contributed by atoms with E-state index < -0.39 is 5.97 Å². The van der Waals surface area contributed by atoms with Crippen molar-refractivity contribution in [3.63, 3.8) is 0 Å². The van der Waals surface area contributed by atoms with Gasteiger partial charge in [0.05, 0.1) is 24.0 Å². The van der Waals surface area contributed by atoms with Gasteiger partial charge in [-0.05, 0) is 42.9 Å². The number of benzene rings is 1. The summed E-state index contributed by atoms with van der Waals surface area (Å²) in [5.74, 6) is -0.560. The number of carbonyl (C=O) groups excluding carboxylic acids is 1. The quantitative estimate of drug-likeness (QED) is 0.664. The lowest BCUT2D eigenvalue weighted by Gasteiger charge is -2.43. The molecular weight excluding hydrogens is 412 g/mol. The lowest BCUT2D eigenvalue weighted by Crippen LogP contribution is -2.46. The van der Waals surface area contributed by atoms with Gasteiger partial charge in [0.1, 0.15) is 5.56 Å². The van der Waals surface area contributed by atoms with Crippen molar-refractivity contribution >= 4 is 17.2 Å². The van der Waals surface area contributed by atoms with Gasteiger partial charge >= 0.3 is 5.97 Å². The van der Waals surface area contributed by atoms with Crippen molar-refractivity contribution in [1.29, 1.82) is 0 Å². The van der Waals surface area contributed by atoms with E-state index in [2.05, 4.69) is 76.3 Å². The molecule has 1 aromatic carbocycles. The lowest BCUT2D eigenvalue weighted by atomic mass is 9.84. The highest BCUT2D eigenvalue weighted by molar-refractivity contribution is 5.89. The molecule has 0 bridgehead atoms. The summed E-state index contributed by atoms with van der Waals surface area (Å²) in [4.78, 5) is 27.9. The zero-order valence-corrected chi connectivity index (χ0v) is 21.4. The van der Waals surface area contributed by atoms with Crippen molar-refractivity contribution < 1.29 is 9.53 Å². The fourth-order valence-electron chi connectivity index (χ4n) is 4.80. The van der Waals surface area contributed by atoms with E-state index in [1.54, 1.807) is 19.2 Å². The number of likely N-dealkylation sites (N-methyl/N-ethyl adjacent to an activating group) is 1. The van der Waals surface area contributed by atoms with E-state index in [4.69, 9.17) is 4.74 Å². The van der Waals surface area contributed by atoms with Gasteiger partial charge in [0, 0.05) is 31.1 Å². The second kappa shape index (κ2) is 9.58. The van der Waals surface area contributed by atoms with Crippen LogP contribution in [0.5, 0.6) is 0 Å². The molecule has 0 spiro atoms. The molecule has 33 heavy (non-hydrogen) atoms. The summed E-state index contributed by atoms with van der Waals surface area (Å²) in [6.45, 7) is 15.9. The van der Waals surface area contributed by atoms with Crippen molar-refractivity contribution in [3.8, 4) is 0 Å². The van der Waals surface area contributed by atoms with Crippen LogP contribution in [0, 0.1) is 5.41 Å². The van der Waals surface area contributed by atoms with E-state index >= 15 is 0 Å². The van der Waals surface area contributed by atoms with Gasteiger partial charge in [0.25, 0.3) is 0 Å². The summed E-state index contributed by atoms with van der Waals surface area (Å²) >= 11 is 0. The molecule has 5 nitrogen and oxygen atoms in total. The fraction of sp³-hybridized carbons (Fsp3) is 0.500. The molecule has 0 N–H and O–H groups in total. The Kier molecular flexibility index (Phi) is 7.20. The van der Waals surface area contributed by atoms with Gasteiger partial charge in [-0.15, -0.1) is 0 Å². The maximum Gasteiger partial charge on any atom is 0.343 e. The number of esters is 1. The minimum absolute atomic E-state index is 0.0743. The summed E-state index contributed by atoms with van der Waals surface area (Å²) in [5.41, 5.74) is 4.24. The third-order valence-electron chi connectivity index (χ3n) is 6.73. The Morgan fingerprint density at radius 2 is 1.88 bits per heavy atom. The van der Waals surface area contributed by atoms with Crippen molar-refractivity contribution in [3.05, 3.63) is 67.9 Å². The second-order valence-corrected chi connectivity index (χ2v) is 10.0. The standard InChI is InChI=1S/C28H38N2O3/c1-9-18(4)25-19(10-2)13-12-14-20(25)26-22-15-23(31)21(27(32)33-11-3)16-30(22)24(17-29(26)8)28(5,6)7/h12-16,24H,9-11,17H2,1-8H3/b25-18-,26-20-. The average molecular weight is 451 g/mol. The van der Waals surface area contributed by atoms with Crippen molar-refractivity contribution in [2.24, 2.45) is 5.41 Å². The lowest BCUT2D eigenvalue weighted by molar-refractivity contribution is 0.0522. The Hall–Kier alpha value is -2.82. The van der Waals surface area contributed by atoms with Gasteiger partial charge in [-0.2, -0.15) is 0 Å². The fourth-order valence-corrected chi connectivity index (χ4v) is 4.80. The third kappa shape index (κ3) is 4.64. The monoisotopic (exact) mass is 450 g/mol. The average Bonchev–Trinajstić information content (AvgIpc) is 2.76. The molecule has 0 radical (unpaired) electrons. The van der Waals surface area contributed by atoms with Crippen LogP contribution in [0.2, 0.25) is 0 Å². The molecule has 178 valence electrons. The molecule has 0 fully saturated rings. The van der Waals surface area contributed by atoms with E-state index in [1.165, 1.54) is 16.4 Å². The van der Waals surface area contributed by atoms with E-state index in [0.29, 0.717) is 0 Å². The number of ether oxygens (including phenoxy) is 1. The first-order chi connectivity index (χ1) is 15.5. The highest BCUT2D eigenvalue weighted by atomic mass is 16.5. The van der Waals surface area contributed by atoms with Gasteiger partial charge in [-0.3, -0.25) is 4.79 Å². The van der Waals surface area contributed by atoms with Crippen LogP contribution < -0.4 is 15.9 Å². The zero-order valence-electron chi connectivity index (χ0n) is 21.4. The minimum Gasteiger partial charge on any atom is -0.462 e. The Morgan fingerprint density at radius 1 is 1.18 bits per heavy atom. The largest absolute Gasteiger partial charge is 0.462 e. The first-order valence-electron chi connectivity index (χ1n) is 12.0. The van der Waals surface area contributed by atoms with Crippen molar-refractivity contribution in [1.82, 2.24) is 9.47 Å². The van der Waals surface area contributed by atoms with Crippen LogP contribution in [0.1, 0.15) is 82.5 Å². The highest BCUT2D eigenvalue weighted by Gasteiger charge is 2.35. The molecule has 2 aromatic rings. The van der Waals surface area contributed by atoms with E-state index in [0.717, 1.165) is 36.0 Å². The topological polar surface area (TPSA) is 51.5 Å². The molecule has 1 aliphatic rings. The van der Waals surface area contributed by atoms with E-state index in [-0.39, 0.29) is 29.1 Å². The van der Waals surface area contributed by atoms with Crippen LogP contribution in [-0.2, 0) is 11.2 Å². The number of nitrogens with zero attached hydrogens (tertiary/aromatic N) is 2. The third-order valence-corrected chi connectivity index (χ3v) is 6.73. The molecule has 1 unspecified atom stereocenters. The molecule has 1 atom stereocenters. The van der Waals surface area contributed by atoms with Crippen LogP contribution in [0.4, 0.5) is 0 Å². The first-order valence-corrected chi connectivity index (χ1v) is 12.0. The molecule has 1 aliphatic heterocycles. The summed E-state index contributed by atoms with van der Waals surface area (Å²) in [7, 11) is 2.10. The molecule has 2 heterocycles. The molecular formula is C28H38N2O3. The van der Waals surface area contributed by atoms with Crippen LogP contribution in [0.3, 0.4) is 0 Å². The second-order valence-electron chi connectivity index (χ2n) is 10.0. The smallest absolute Gasteiger partial charge is 0.343 e.